The van der Waals surface area contributed by atoms with Crippen LogP contribution in [0.1, 0.15) is 25.0 Å². The van der Waals surface area contributed by atoms with Gasteiger partial charge in [-0.05, 0) is 36.6 Å². The van der Waals surface area contributed by atoms with E-state index in [0.29, 0.717) is 6.61 Å². The van der Waals surface area contributed by atoms with Crippen molar-refractivity contribution in [2.45, 2.75) is 26.8 Å². The number of anilines is 1. The summed E-state index contributed by atoms with van der Waals surface area (Å²) in [6, 6.07) is 17.4. The minimum absolute atomic E-state index is 0.713. The Hall–Kier alpha value is -2.00. The normalized spacial score (nSPS) is 15.5. The van der Waals surface area contributed by atoms with Crippen LogP contribution in [0.25, 0.3) is 0 Å². The van der Waals surface area contributed by atoms with Crippen LogP contribution >= 0.6 is 0 Å². The second-order valence-electron chi connectivity index (χ2n) is 6.33. The molecule has 0 atom stereocenters. The van der Waals surface area contributed by atoms with E-state index in [0.717, 1.165) is 44.9 Å². The molecule has 0 spiro atoms. The molecular weight excluding hydrogens is 296 g/mol. The molecule has 0 aromatic heterocycles. The minimum Gasteiger partial charge on any atom is -0.492 e. The van der Waals surface area contributed by atoms with Crippen LogP contribution in [0.2, 0.25) is 0 Å². The number of piperazine rings is 1. The zero-order valence-corrected chi connectivity index (χ0v) is 14.9. The molecule has 1 aliphatic rings. The van der Waals surface area contributed by atoms with Gasteiger partial charge in [-0.3, -0.25) is 4.90 Å². The fraction of sp³-hybridized carbons (Fsp3) is 0.429. The first-order chi connectivity index (χ1) is 11.8. The molecule has 0 saturated carbocycles. The molecule has 0 radical (unpaired) electrons. The van der Waals surface area contributed by atoms with Gasteiger partial charge in [0.1, 0.15) is 5.75 Å². The Kier molecular flexibility index (Phi) is 5.76. The molecule has 1 heterocycles. The fourth-order valence-corrected chi connectivity index (χ4v) is 3.28. The molecule has 0 bridgehead atoms. The maximum Gasteiger partial charge on any atom is 0.142 e. The highest BCUT2D eigenvalue weighted by atomic mass is 16.5. The summed E-state index contributed by atoms with van der Waals surface area (Å²) in [5.41, 5.74) is 4.05. The van der Waals surface area contributed by atoms with E-state index in [2.05, 4.69) is 59.2 Å². The van der Waals surface area contributed by atoms with Gasteiger partial charge < -0.3 is 9.64 Å². The third kappa shape index (κ3) is 4.09. The summed E-state index contributed by atoms with van der Waals surface area (Å²) in [4.78, 5) is 4.99. The van der Waals surface area contributed by atoms with E-state index in [9.17, 15) is 0 Å². The van der Waals surface area contributed by atoms with Crippen LogP contribution in [0.15, 0.2) is 48.5 Å². The van der Waals surface area contributed by atoms with Crippen molar-refractivity contribution in [1.29, 1.82) is 0 Å². The zero-order chi connectivity index (χ0) is 16.8. The lowest BCUT2D eigenvalue weighted by Gasteiger charge is -2.36. The second kappa shape index (κ2) is 8.20. The highest BCUT2D eigenvalue weighted by Crippen LogP contribution is 2.29. The molecule has 0 unspecified atom stereocenters. The van der Waals surface area contributed by atoms with Gasteiger partial charge in [0.05, 0.1) is 12.3 Å². The topological polar surface area (TPSA) is 15.7 Å². The first-order valence-electron chi connectivity index (χ1n) is 9.07. The van der Waals surface area contributed by atoms with Gasteiger partial charge in [0.25, 0.3) is 0 Å². The summed E-state index contributed by atoms with van der Waals surface area (Å²) in [7, 11) is 0. The second-order valence-corrected chi connectivity index (χ2v) is 6.33. The van der Waals surface area contributed by atoms with Gasteiger partial charge in [-0.25, -0.2) is 0 Å². The SMILES string of the molecule is CCOc1ccccc1N1CCN(Cc2ccc(CC)cc2)CC1. The minimum atomic E-state index is 0.713. The average Bonchev–Trinajstić information content (AvgIpc) is 2.64. The smallest absolute Gasteiger partial charge is 0.142 e. The van der Waals surface area contributed by atoms with Gasteiger partial charge in [0, 0.05) is 32.7 Å². The van der Waals surface area contributed by atoms with Crippen LogP contribution in [0.5, 0.6) is 5.75 Å². The maximum absolute atomic E-state index is 5.78. The molecule has 0 N–H and O–H groups in total. The Balaban J connectivity index is 1.57. The molecule has 0 amide bonds. The number of rotatable bonds is 6. The number of ether oxygens (including phenoxy) is 1. The van der Waals surface area contributed by atoms with Gasteiger partial charge in [0.2, 0.25) is 0 Å². The number of nitrogens with zero attached hydrogens (tertiary/aromatic N) is 2. The van der Waals surface area contributed by atoms with Crippen molar-refractivity contribution in [1.82, 2.24) is 4.90 Å². The molecule has 2 aromatic rings. The molecule has 1 aliphatic heterocycles. The van der Waals surface area contributed by atoms with Crippen molar-refractivity contribution in [2.75, 3.05) is 37.7 Å². The molecule has 0 aliphatic carbocycles. The predicted molar refractivity (Wildman–Crippen MR) is 101 cm³/mol. The highest BCUT2D eigenvalue weighted by molar-refractivity contribution is 5.58. The van der Waals surface area contributed by atoms with Crippen LogP contribution in [0, 0.1) is 0 Å². The lowest BCUT2D eigenvalue weighted by molar-refractivity contribution is 0.248. The molecule has 128 valence electrons. The Bertz CT molecular complexity index is 631. The standard InChI is InChI=1S/C21H28N2O/c1-3-18-9-11-19(12-10-18)17-22-13-15-23(16-14-22)20-7-5-6-8-21(20)24-4-2/h5-12H,3-4,13-17H2,1-2H3. The molecule has 3 nitrogen and oxygen atoms in total. The van der Waals surface area contributed by atoms with E-state index in [1.807, 2.05) is 13.0 Å². The fourth-order valence-electron chi connectivity index (χ4n) is 3.28. The van der Waals surface area contributed by atoms with Crippen LogP contribution in [-0.2, 0) is 13.0 Å². The van der Waals surface area contributed by atoms with Gasteiger partial charge in [-0.2, -0.15) is 0 Å². The first-order valence-corrected chi connectivity index (χ1v) is 9.07. The summed E-state index contributed by atoms with van der Waals surface area (Å²) < 4.78 is 5.78. The average molecular weight is 324 g/mol. The number of hydrogen-bond donors (Lipinski definition) is 0. The summed E-state index contributed by atoms with van der Waals surface area (Å²) in [5, 5.41) is 0. The monoisotopic (exact) mass is 324 g/mol. The van der Waals surface area contributed by atoms with Crippen molar-refractivity contribution in [3.05, 3.63) is 59.7 Å². The van der Waals surface area contributed by atoms with E-state index < -0.39 is 0 Å². The Morgan fingerprint density at radius 3 is 2.17 bits per heavy atom. The summed E-state index contributed by atoms with van der Waals surface area (Å²) in [6.45, 7) is 10.3. The van der Waals surface area contributed by atoms with Crippen molar-refractivity contribution in [3.63, 3.8) is 0 Å². The lowest BCUT2D eigenvalue weighted by atomic mass is 10.1. The quantitative estimate of drug-likeness (QED) is 0.799. The Morgan fingerprint density at radius 2 is 1.50 bits per heavy atom. The Labute approximate surface area is 145 Å². The molecule has 3 rings (SSSR count). The molecular formula is C21H28N2O. The number of para-hydroxylation sites is 2. The molecule has 24 heavy (non-hydrogen) atoms. The lowest BCUT2D eigenvalue weighted by Crippen LogP contribution is -2.46. The van der Waals surface area contributed by atoms with Crippen molar-refractivity contribution >= 4 is 5.69 Å². The van der Waals surface area contributed by atoms with Gasteiger partial charge in [-0.15, -0.1) is 0 Å². The molecule has 1 fully saturated rings. The molecule has 2 aromatic carbocycles. The number of benzene rings is 2. The van der Waals surface area contributed by atoms with E-state index in [-0.39, 0.29) is 0 Å². The van der Waals surface area contributed by atoms with Crippen LogP contribution in [-0.4, -0.2) is 37.7 Å². The van der Waals surface area contributed by atoms with Crippen molar-refractivity contribution in [2.24, 2.45) is 0 Å². The van der Waals surface area contributed by atoms with E-state index in [1.54, 1.807) is 0 Å². The maximum atomic E-state index is 5.78. The van der Waals surface area contributed by atoms with E-state index in [1.165, 1.54) is 16.8 Å². The van der Waals surface area contributed by atoms with E-state index >= 15 is 0 Å². The van der Waals surface area contributed by atoms with Crippen LogP contribution in [0.3, 0.4) is 0 Å². The largest absolute Gasteiger partial charge is 0.492 e. The third-order valence-electron chi connectivity index (χ3n) is 4.72. The third-order valence-corrected chi connectivity index (χ3v) is 4.72. The van der Waals surface area contributed by atoms with Gasteiger partial charge >= 0.3 is 0 Å². The van der Waals surface area contributed by atoms with Crippen LogP contribution in [0.4, 0.5) is 5.69 Å². The zero-order valence-electron chi connectivity index (χ0n) is 14.9. The molecule has 1 saturated heterocycles. The molecule has 3 heteroatoms. The predicted octanol–water partition coefficient (Wildman–Crippen LogP) is 3.97. The Morgan fingerprint density at radius 1 is 0.833 bits per heavy atom. The van der Waals surface area contributed by atoms with Gasteiger partial charge in [0.15, 0.2) is 0 Å². The van der Waals surface area contributed by atoms with Crippen molar-refractivity contribution in [3.8, 4) is 5.75 Å². The number of hydrogen-bond acceptors (Lipinski definition) is 3. The summed E-state index contributed by atoms with van der Waals surface area (Å²) >= 11 is 0. The van der Waals surface area contributed by atoms with Gasteiger partial charge in [-0.1, -0.05) is 43.3 Å². The highest BCUT2D eigenvalue weighted by Gasteiger charge is 2.19. The van der Waals surface area contributed by atoms with E-state index in [4.69, 9.17) is 4.74 Å². The number of aryl methyl sites for hydroxylation is 1. The van der Waals surface area contributed by atoms with Crippen molar-refractivity contribution < 1.29 is 4.74 Å². The summed E-state index contributed by atoms with van der Waals surface area (Å²) in [6.07, 6.45) is 1.11. The summed E-state index contributed by atoms with van der Waals surface area (Å²) in [5.74, 6) is 1.00. The van der Waals surface area contributed by atoms with Crippen LogP contribution < -0.4 is 9.64 Å². The first kappa shape index (κ1) is 16.8.